The number of hydrogen-bond acceptors (Lipinski definition) is 5. The molecule has 4 fully saturated rings. The number of nitrogens with one attached hydrogen (secondary N) is 2. The van der Waals surface area contributed by atoms with Gasteiger partial charge in [-0.2, -0.15) is 5.10 Å². The lowest BCUT2D eigenvalue weighted by Crippen LogP contribution is -2.42. The Kier molecular flexibility index (Phi) is 3.87. The van der Waals surface area contributed by atoms with Crippen LogP contribution in [0.15, 0.2) is 18.6 Å². The minimum absolute atomic E-state index is 0.0216. The Labute approximate surface area is 174 Å². The molecule has 0 unspecified atom stereocenters. The number of fused-ring (bicyclic) bond motifs is 1. The highest BCUT2D eigenvalue weighted by atomic mass is 16.5. The molecule has 9 heteroatoms. The number of rotatable bonds is 5. The number of hydrogen-bond donors (Lipinski definition) is 2. The molecule has 6 rings (SSSR count). The van der Waals surface area contributed by atoms with Gasteiger partial charge in [-0.1, -0.05) is 0 Å². The van der Waals surface area contributed by atoms with E-state index in [0.717, 1.165) is 18.5 Å². The molecule has 4 aliphatic rings. The summed E-state index contributed by atoms with van der Waals surface area (Å²) < 4.78 is 8.13. The molecule has 4 atom stereocenters. The van der Waals surface area contributed by atoms with E-state index in [1.165, 1.54) is 12.8 Å². The second-order valence-electron chi connectivity index (χ2n) is 9.30. The van der Waals surface area contributed by atoms with Crippen LogP contribution in [0.25, 0.3) is 0 Å². The molecule has 3 saturated heterocycles. The summed E-state index contributed by atoms with van der Waals surface area (Å²) in [7, 11) is 1.81. The van der Waals surface area contributed by atoms with Crippen molar-refractivity contribution in [3.05, 3.63) is 35.7 Å². The molecule has 3 aliphatic heterocycles. The van der Waals surface area contributed by atoms with Crippen molar-refractivity contribution in [3.63, 3.8) is 0 Å². The van der Waals surface area contributed by atoms with Crippen LogP contribution in [0.2, 0.25) is 0 Å². The van der Waals surface area contributed by atoms with Crippen molar-refractivity contribution in [2.75, 3.05) is 19.6 Å². The first-order valence-corrected chi connectivity index (χ1v) is 10.8. The van der Waals surface area contributed by atoms with Crippen molar-refractivity contribution in [3.8, 4) is 0 Å². The Bertz CT molecular complexity index is 1010. The van der Waals surface area contributed by atoms with E-state index in [-0.39, 0.29) is 35.4 Å². The number of likely N-dealkylation sites (tertiary alicyclic amines) is 1. The number of amides is 2. The van der Waals surface area contributed by atoms with Crippen molar-refractivity contribution in [2.45, 2.75) is 43.3 Å². The Morgan fingerprint density at radius 3 is 3.00 bits per heavy atom. The highest BCUT2D eigenvalue weighted by Crippen LogP contribution is 2.54. The van der Waals surface area contributed by atoms with Crippen LogP contribution in [0, 0.1) is 11.8 Å². The van der Waals surface area contributed by atoms with Crippen LogP contribution in [-0.4, -0.2) is 67.8 Å². The number of aromatic nitrogens is 4. The third-order valence-electron chi connectivity index (χ3n) is 7.45. The first kappa shape index (κ1) is 18.1. The van der Waals surface area contributed by atoms with E-state index in [2.05, 4.69) is 20.5 Å². The van der Waals surface area contributed by atoms with Gasteiger partial charge in [-0.05, 0) is 31.7 Å². The van der Waals surface area contributed by atoms with Crippen molar-refractivity contribution in [1.29, 1.82) is 0 Å². The molecule has 2 aromatic heterocycles. The Balaban J connectivity index is 1.15. The SMILES string of the molecule is Cn1cncc1C(=O)NC[C@H]1[C@H]2CN(C(=O)c3cc(C4CC4)[nH]n3)C[C@]23CC[C@H]1O3. The lowest BCUT2D eigenvalue weighted by atomic mass is 9.73. The predicted octanol–water partition coefficient (Wildman–Crippen LogP) is 1.07. The van der Waals surface area contributed by atoms with Gasteiger partial charge in [0.15, 0.2) is 0 Å². The molecule has 5 heterocycles. The maximum absolute atomic E-state index is 13.1. The molecule has 0 aromatic carbocycles. The lowest BCUT2D eigenvalue weighted by Gasteiger charge is -2.29. The number of nitrogens with zero attached hydrogens (tertiary/aromatic N) is 4. The zero-order valence-electron chi connectivity index (χ0n) is 17.0. The Morgan fingerprint density at radius 1 is 1.37 bits per heavy atom. The second-order valence-corrected chi connectivity index (χ2v) is 9.30. The fourth-order valence-corrected chi connectivity index (χ4v) is 5.71. The van der Waals surface area contributed by atoms with Crippen molar-refractivity contribution in [2.24, 2.45) is 18.9 Å². The van der Waals surface area contributed by atoms with Gasteiger partial charge in [-0.25, -0.2) is 4.98 Å². The van der Waals surface area contributed by atoms with Gasteiger partial charge in [0.05, 0.1) is 30.8 Å². The van der Waals surface area contributed by atoms with E-state index in [4.69, 9.17) is 4.74 Å². The number of ether oxygens (including phenoxy) is 1. The number of aromatic amines is 1. The first-order chi connectivity index (χ1) is 14.5. The summed E-state index contributed by atoms with van der Waals surface area (Å²) in [5.41, 5.74) is 1.85. The van der Waals surface area contributed by atoms with Crippen LogP contribution in [0.1, 0.15) is 58.3 Å². The van der Waals surface area contributed by atoms with Crippen LogP contribution >= 0.6 is 0 Å². The number of imidazole rings is 1. The summed E-state index contributed by atoms with van der Waals surface area (Å²) in [4.78, 5) is 31.5. The van der Waals surface area contributed by atoms with Gasteiger partial charge in [-0.3, -0.25) is 14.7 Å². The molecule has 158 valence electrons. The number of carbonyl (C=O) groups excluding carboxylic acids is 2. The minimum atomic E-state index is -0.266. The summed E-state index contributed by atoms with van der Waals surface area (Å²) >= 11 is 0. The van der Waals surface area contributed by atoms with E-state index in [1.54, 1.807) is 17.1 Å². The highest BCUT2D eigenvalue weighted by molar-refractivity contribution is 5.93. The van der Waals surface area contributed by atoms with Crippen molar-refractivity contribution < 1.29 is 14.3 Å². The summed E-state index contributed by atoms with van der Waals surface area (Å²) in [5.74, 6) is 0.860. The van der Waals surface area contributed by atoms with Crippen LogP contribution < -0.4 is 5.32 Å². The summed E-state index contributed by atoms with van der Waals surface area (Å²) in [6, 6.07) is 1.91. The summed E-state index contributed by atoms with van der Waals surface area (Å²) in [5, 5.41) is 10.4. The topological polar surface area (TPSA) is 105 Å². The number of carbonyl (C=O) groups is 2. The largest absolute Gasteiger partial charge is 0.369 e. The van der Waals surface area contributed by atoms with Gasteiger partial charge in [0.2, 0.25) is 0 Å². The third kappa shape index (κ3) is 2.71. The number of aryl methyl sites for hydroxylation is 1. The normalized spacial score (nSPS) is 31.9. The van der Waals surface area contributed by atoms with Crippen molar-refractivity contribution >= 4 is 11.8 Å². The highest BCUT2D eigenvalue weighted by Gasteiger charge is 2.63. The zero-order chi connectivity index (χ0) is 20.5. The zero-order valence-corrected chi connectivity index (χ0v) is 17.0. The molecule has 2 aromatic rings. The molecule has 0 radical (unpaired) electrons. The molecule has 1 spiro atoms. The molecule has 1 saturated carbocycles. The van der Waals surface area contributed by atoms with Crippen LogP contribution in [-0.2, 0) is 11.8 Å². The fraction of sp³-hybridized carbons (Fsp3) is 0.619. The van der Waals surface area contributed by atoms with E-state index in [1.807, 2.05) is 18.0 Å². The first-order valence-electron chi connectivity index (χ1n) is 10.8. The van der Waals surface area contributed by atoms with Gasteiger partial charge >= 0.3 is 0 Å². The van der Waals surface area contributed by atoms with Crippen molar-refractivity contribution in [1.82, 2.24) is 30.0 Å². The average Bonchev–Trinajstić information content (AvgIpc) is 3.18. The number of H-pyrrole nitrogens is 1. The van der Waals surface area contributed by atoms with Gasteiger partial charge in [0, 0.05) is 43.6 Å². The van der Waals surface area contributed by atoms with Crippen LogP contribution in [0.5, 0.6) is 0 Å². The van der Waals surface area contributed by atoms with E-state index >= 15 is 0 Å². The van der Waals surface area contributed by atoms with Crippen LogP contribution in [0.3, 0.4) is 0 Å². The van der Waals surface area contributed by atoms with Gasteiger partial charge < -0.3 is 19.5 Å². The maximum Gasteiger partial charge on any atom is 0.274 e. The van der Waals surface area contributed by atoms with Gasteiger partial charge in [0.1, 0.15) is 11.4 Å². The molecule has 1 aliphatic carbocycles. The lowest BCUT2D eigenvalue weighted by molar-refractivity contribution is 0.00311. The second kappa shape index (κ2) is 6.41. The minimum Gasteiger partial charge on any atom is -0.369 e. The van der Waals surface area contributed by atoms with Gasteiger partial charge in [-0.15, -0.1) is 0 Å². The smallest absolute Gasteiger partial charge is 0.274 e. The predicted molar refractivity (Wildman–Crippen MR) is 106 cm³/mol. The van der Waals surface area contributed by atoms with Gasteiger partial charge in [0.25, 0.3) is 11.8 Å². The average molecular weight is 410 g/mol. The third-order valence-corrected chi connectivity index (χ3v) is 7.45. The molecule has 2 N–H and O–H groups in total. The molecule has 30 heavy (non-hydrogen) atoms. The van der Waals surface area contributed by atoms with E-state index in [0.29, 0.717) is 36.9 Å². The Morgan fingerprint density at radius 2 is 2.23 bits per heavy atom. The molecule has 9 nitrogen and oxygen atoms in total. The van der Waals surface area contributed by atoms with Crippen LogP contribution in [0.4, 0.5) is 0 Å². The molecular weight excluding hydrogens is 384 g/mol. The summed E-state index contributed by atoms with van der Waals surface area (Å²) in [6.45, 7) is 1.83. The maximum atomic E-state index is 13.1. The quantitative estimate of drug-likeness (QED) is 0.767. The van der Waals surface area contributed by atoms with E-state index < -0.39 is 0 Å². The summed E-state index contributed by atoms with van der Waals surface area (Å²) in [6.07, 6.45) is 7.66. The molecule has 2 amide bonds. The molecular formula is C21H26N6O3. The molecule has 2 bridgehead atoms. The standard InChI is InChI=1S/C21H26N6O3/c1-26-11-22-8-17(26)19(28)23-7-13-14-9-27(10-21(14)5-4-18(13)30-21)20(29)16-6-15(24-25-16)12-2-3-12/h6,8,11-14,18H,2-5,7,9-10H2,1H3,(H,23,28)(H,24,25)/t13-,14+,18+,21+/m0/s1. The monoisotopic (exact) mass is 410 g/mol. The van der Waals surface area contributed by atoms with E-state index in [9.17, 15) is 9.59 Å². The Hall–Kier alpha value is -2.68. The fourth-order valence-electron chi connectivity index (χ4n) is 5.71.